The summed E-state index contributed by atoms with van der Waals surface area (Å²) < 4.78 is 1.81. The predicted molar refractivity (Wildman–Crippen MR) is 125 cm³/mol. The lowest BCUT2D eigenvalue weighted by molar-refractivity contribution is 0.0798. The number of imidazole rings is 1. The smallest absolute Gasteiger partial charge is 0.202 e. The van der Waals surface area contributed by atoms with Gasteiger partial charge in [-0.2, -0.15) is 5.10 Å². The lowest BCUT2D eigenvalue weighted by Gasteiger charge is -2.31. The minimum absolute atomic E-state index is 0.00893. The Morgan fingerprint density at radius 1 is 1.06 bits per heavy atom. The Labute approximate surface area is 187 Å². The third kappa shape index (κ3) is 4.14. The first-order valence-corrected chi connectivity index (χ1v) is 11.1. The van der Waals surface area contributed by atoms with Crippen LogP contribution in [0.1, 0.15) is 29.0 Å². The molecule has 5 rings (SSSR count). The number of benzene rings is 2. The summed E-state index contributed by atoms with van der Waals surface area (Å²) in [6, 6.07) is 19.0. The van der Waals surface area contributed by atoms with Crippen LogP contribution >= 0.6 is 0 Å². The second-order valence-corrected chi connectivity index (χ2v) is 8.51. The van der Waals surface area contributed by atoms with Gasteiger partial charge in [0.05, 0.1) is 11.9 Å². The Balaban J connectivity index is 1.30. The van der Waals surface area contributed by atoms with Crippen LogP contribution in [-0.2, 0) is 13.6 Å². The highest BCUT2D eigenvalue weighted by atomic mass is 16.1. The molecule has 0 amide bonds. The van der Waals surface area contributed by atoms with Crippen LogP contribution in [0.15, 0.2) is 73.2 Å². The van der Waals surface area contributed by atoms with E-state index in [0.29, 0.717) is 5.82 Å². The number of aromatic nitrogens is 4. The first kappa shape index (κ1) is 20.4. The quantitative estimate of drug-likeness (QED) is 0.460. The number of ketones is 1. The fourth-order valence-corrected chi connectivity index (χ4v) is 4.58. The van der Waals surface area contributed by atoms with Crippen molar-refractivity contribution < 1.29 is 4.79 Å². The van der Waals surface area contributed by atoms with E-state index in [-0.39, 0.29) is 11.7 Å². The van der Waals surface area contributed by atoms with Crippen molar-refractivity contribution in [2.24, 2.45) is 13.0 Å². The minimum atomic E-state index is -0.00893. The van der Waals surface area contributed by atoms with Crippen molar-refractivity contribution in [1.82, 2.24) is 24.6 Å². The van der Waals surface area contributed by atoms with Crippen molar-refractivity contribution in [3.05, 3.63) is 84.6 Å². The van der Waals surface area contributed by atoms with E-state index >= 15 is 0 Å². The number of aromatic amines is 1. The minimum Gasteiger partial charge on any atom is -0.332 e. The number of hydrogen-bond donors (Lipinski definition) is 1. The molecule has 6 nitrogen and oxygen atoms in total. The van der Waals surface area contributed by atoms with Crippen LogP contribution in [0, 0.1) is 5.92 Å². The highest BCUT2D eigenvalue weighted by molar-refractivity contribution is 5.95. The number of H-pyrrole nitrogens is 1. The van der Waals surface area contributed by atoms with Gasteiger partial charge in [0.15, 0.2) is 5.82 Å². The molecular formula is C26H27N5O. The zero-order valence-electron chi connectivity index (χ0n) is 18.2. The maximum Gasteiger partial charge on any atom is 0.202 e. The van der Waals surface area contributed by atoms with Gasteiger partial charge < -0.3 is 4.57 Å². The largest absolute Gasteiger partial charge is 0.332 e. The zero-order chi connectivity index (χ0) is 21.9. The molecule has 2 aromatic heterocycles. The first-order chi connectivity index (χ1) is 15.7. The normalized spacial score (nSPS) is 16.8. The topological polar surface area (TPSA) is 66.8 Å². The molecule has 2 aromatic carbocycles. The lowest BCUT2D eigenvalue weighted by atomic mass is 9.93. The highest BCUT2D eigenvalue weighted by Gasteiger charge is 2.29. The van der Waals surface area contributed by atoms with E-state index in [2.05, 4.69) is 68.6 Å². The number of piperidine rings is 1. The molecule has 32 heavy (non-hydrogen) atoms. The zero-order valence-corrected chi connectivity index (χ0v) is 18.2. The van der Waals surface area contributed by atoms with Gasteiger partial charge in [-0.25, -0.2) is 4.98 Å². The van der Waals surface area contributed by atoms with Crippen molar-refractivity contribution in [2.75, 3.05) is 13.1 Å². The fourth-order valence-electron chi connectivity index (χ4n) is 4.58. The van der Waals surface area contributed by atoms with Crippen molar-refractivity contribution >= 4 is 5.78 Å². The van der Waals surface area contributed by atoms with Gasteiger partial charge in [0.25, 0.3) is 0 Å². The number of aryl methyl sites for hydroxylation is 1. The summed E-state index contributed by atoms with van der Waals surface area (Å²) in [5.74, 6) is 0.691. The number of hydrogen-bond acceptors (Lipinski definition) is 4. The van der Waals surface area contributed by atoms with E-state index < -0.39 is 0 Å². The van der Waals surface area contributed by atoms with Crippen molar-refractivity contribution in [1.29, 1.82) is 0 Å². The molecule has 1 N–H and O–H groups in total. The molecule has 3 heterocycles. The molecule has 0 unspecified atom stereocenters. The van der Waals surface area contributed by atoms with E-state index in [9.17, 15) is 4.79 Å². The Kier molecular flexibility index (Phi) is 5.69. The van der Waals surface area contributed by atoms with Gasteiger partial charge in [0, 0.05) is 44.0 Å². The molecule has 1 fully saturated rings. The highest BCUT2D eigenvalue weighted by Crippen LogP contribution is 2.28. The van der Waals surface area contributed by atoms with Crippen molar-refractivity contribution in [3.63, 3.8) is 0 Å². The molecule has 1 aliphatic heterocycles. The molecule has 1 saturated heterocycles. The van der Waals surface area contributed by atoms with Gasteiger partial charge in [0.1, 0.15) is 0 Å². The van der Waals surface area contributed by atoms with Crippen LogP contribution < -0.4 is 0 Å². The van der Waals surface area contributed by atoms with Crippen molar-refractivity contribution in [2.45, 2.75) is 19.4 Å². The Morgan fingerprint density at radius 2 is 1.81 bits per heavy atom. The molecule has 1 aliphatic rings. The van der Waals surface area contributed by atoms with Crippen LogP contribution in [0.3, 0.4) is 0 Å². The average Bonchev–Trinajstić information content (AvgIpc) is 3.48. The molecule has 0 saturated carbocycles. The van der Waals surface area contributed by atoms with Gasteiger partial charge in [-0.05, 0) is 36.1 Å². The summed E-state index contributed by atoms with van der Waals surface area (Å²) in [6.45, 7) is 2.52. The summed E-state index contributed by atoms with van der Waals surface area (Å²) in [4.78, 5) is 19.6. The van der Waals surface area contributed by atoms with Crippen LogP contribution in [0.4, 0.5) is 0 Å². The molecule has 0 bridgehead atoms. The first-order valence-electron chi connectivity index (χ1n) is 11.1. The number of Topliss-reactive ketones (excluding diaryl/α,β-unsaturated/α-hetero) is 1. The molecule has 162 valence electrons. The number of carbonyl (C=O) groups excluding carboxylic acids is 1. The van der Waals surface area contributed by atoms with E-state index in [1.165, 1.54) is 11.1 Å². The molecule has 6 heteroatoms. The van der Waals surface area contributed by atoms with Crippen LogP contribution in [0.2, 0.25) is 0 Å². The summed E-state index contributed by atoms with van der Waals surface area (Å²) in [5, 5.41) is 7.50. The Hall–Kier alpha value is -3.51. The van der Waals surface area contributed by atoms with E-state index in [4.69, 9.17) is 0 Å². The fraction of sp³-hybridized carbons (Fsp3) is 0.269. The van der Waals surface area contributed by atoms with Crippen molar-refractivity contribution in [3.8, 4) is 22.4 Å². The number of rotatable bonds is 6. The maximum atomic E-state index is 12.9. The van der Waals surface area contributed by atoms with Gasteiger partial charge in [-0.15, -0.1) is 0 Å². The average molecular weight is 426 g/mol. The van der Waals surface area contributed by atoms with E-state index in [1.54, 1.807) is 6.20 Å². The lowest BCUT2D eigenvalue weighted by Crippen LogP contribution is -2.38. The van der Waals surface area contributed by atoms with Crippen LogP contribution in [0.25, 0.3) is 22.4 Å². The summed E-state index contributed by atoms with van der Waals surface area (Å²) >= 11 is 0. The van der Waals surface area contributed by atoms with Gasteiger partial charge in [-0.3, -0.25) is 14.8 Å². The molecule has 0 radical (unpaired) electrons. The molecule has 0 aliphatic carbocycles. The van der Waals surface area contributed by atoms with Gasteiger partial charge in [0.2, 0.25) is 5.78 Å². The summed E-state index contributed by atoms with van der Waals surface area (Å²) in [6.07, 6.45) is 7.36. The number of carbonyl (C=O) groups is 1. The van der Waals surface area contributed by atoms with E-state index in [0.717, 1.165) is 49.3 Å². The molecular weight excluding hydrogens is 398 g/mol. The summed E-state index contributed by atoms with van der Waals surface area (Å²) in [5.41, 5.74) is 5.72. The monoisotopic (exact) mass is 425 g/mol. The second-order valence-electron chi connectivity index (χ2n) is 8.51. The van der Waals surface area contributed by atoms with Gasteiger partial charge in [-0.1, -0.05) is 54.6 Å². The predicted octanol–water partition coefficient (Wildman–Crippen LogP) is 4.57. The second kappa shape index (κ2) is 8.93. The maximum absolute atomic E-state index is 12.9. The number of nitrogens with zero attached hydrogens (tertiary/aromatic N) is 4. The SMILES string of the molecule is Cn1ccnc1C(=O)[C@H]1CCCN(Cc2cn[nH]c2-c2ccc(-c3ccccc3)cc2)C1. The standard InChI is InChI=1S/C26H27N5O/c1-30-15-13-27-26(30)25(32)22-8-5-14-31(17-22)18-23-16-28-29-24(23)21-11-9-20(10-12-21)19-6-3-2-4-7-19/h2-4,6-7,9-13,15-16,22H,5,8,14,17-18H2,1H3,(H,28,29)/t22-/m0/s1. The Bertz CT molecular complexity index is 1190. The van der Waals surface area contributed by atoms with Gasteiger partial charge >= 0.3 is 0 Å². The third-order valence-corrected chi connectivity index (χ3v) is 6.31. The van der Waals surface area contributed by atoms with Crippen LogP contribution in [-0.4, -0.2) is 43.5 Å². The van der Waals surface area contributed by atoms with Crippen LogP contribution in [0.5, 0.6) is 0 Å². The Morgan fingerprint density at radius 3 is 2.56 bits per heavy atom. The number of likely N-dealkylation sites (tertiary alicyclic amines) is 1. The van der Waals surface area contributed by atoms with E-state index in [1.807, 2.05) is 30.1 Å². The number of nitrogens with one attached hydrogen (secondary N) is 1. The summed E-state index contributed by atoms with van der Waals surface area (Å²) in [7, 11) is 1.88. The third-order valence-electron chi connectivity index (χ3n) is 6.31. The molecule has 1 atom stereocenters. The molecule has 4 aromatic rings. The molecule has 0 spiro atoms.